The van der Waals surface area contributed by atoms with Gasteiger partial charge in [0, 0.05) is 18.4 Å². The van der Waals surface area contributed by atoms with Crippen LogP contribution in [-0.4, -0.2) is 41.9 Å². The monoisotopic (exact) mass is 310 g/mol. The molecule has 0 aliphatic heterocycles. The van der Waals surface area contributed by atoms with Crippen LogP contribution in [0.25, 0.3) is 0 Å². The number of aromatic nitrogens is 1. The molecule has 1 fully saturated rings. The van der Waals surface area contributed by atoms with E-state index in [0.29, 0.717) is 6.42 Å². The van der Waals surface area contributed by atoms with Gasteiger partial charge in [-0.3, -0.25) is 10.4 Å². The summed E-state index contributed by atoms with van der Waals surface area (Å²) in [7, 11) is -3.41. The second kappa shape index (κ2) is 7.00. The maximum atomic E-state index is 12.6. The molecule has 1 heterocycles. The van der Waals surface area contributed by atoms with Gasteiger partial charge in [-0.15, -0.1) is 0 Å². The Morgan fingerprint density at radius 3 is 2.52 bits per heavy atom. The molecule has 1 aliphatic carbocycles. The minimum Gasteiger partial charge on any atom is -0.387 e. The number of aryl methyl sites for hydroxylation is 1. The van der Waals surface area contributed by atoms with Crippen LogP contribution in [0.15, 0.2) is 24.5 Å². The average Bonchev–Trinajstić information content (AvgIpc) is 2.97. The molecule has 0 amide bonds. The normalized spacial score (nSPS) is 16.4. The molecule has 1 aromatic rings. The van der Waals surface area contributed by atoms with Crippen LogP contribution in [0.5, 0.6) is 0 Å². The van der Waals surface area contributed by atoms with E-state index in [1.54, 1.807) is 12.4 Å². The first-order chi connectivity index (χ1) is 9.99. The fourth-order valence-electron chi connectivity index (χ4n) is 2.73. The topological polar surface area (TPSA) is 100 Å². The van der Waals surface area contributed by atoms with E-state index in [1.165, 1.54) is 4.31 Å². The number of amidine groups is 1. The van der Waals surface area contributed by atoms with E-state index < -0.39 is 10.0 Å². The molecule has 21 heavy (non-hydrogen) atoms. The van der Waals surface area contributed by atoms with Crippen LogP contribution < -0.4 is 5.73 Å². The van der Waals surface area contributed by atoms with E-state index in [-0.39, 0.29) is 24.2 Å². The Morgan fingerprint density at radius 2 is 1.95 bits per heavy atom. The number of nitrogens with two attached hydrogens (primary N) is 1. The van der Waals surface area contributed by atoms with E-state index in [2.05, 4.69) is 4.98 Å². The molecule has 0 bridgehead atoms. The standard InChI is InChI=1S/C14H22N4O2S/c15-14(16)11-18(13-3-1-2-4-13)21(19,20)10-7-12-5-8-17-9-6-12/h5-6,8-9,13H,1-4,7,10-11H2,(H3,15,16). The quantitative estimate of drug-likeness (QED) is 0.582. The largest absolute Gasteiger partial charge is 0.387 e. The van der Waals surface area contributed by atoms with Crippen molar-refractivity contribution in [3.8, 4) is 0 Å². The Balaban J connectivity index is 2.07. The van der Waals surface area contributed by atoms with Gasteiger partial charge in [-0.1, -0.05) is 12.8 Å². The second-order valence-electron chi connectivity index (χ2n) is 5.43. The summed E-state index contributed by atoms with van der Waals surface area (Å²) in [5, 5.41) is 7.43. The van der Waals surface area contributed by atoms with Gasteiger partial charge in [-0.25, -0.2) is 8.42 Å². The summed E-state index contributed by atoms with van der Waals surface area (Å²) in [5.41, 5.74) is 6.38. The van der Waals surface area contributed by atoms with Crippen molar-refractivity contribution in [3.05, 3.63) is 30.1 Å². The lowest BCUT2D eigenvalue weighted by atomic mass is 10.2. The Bertz CT molecular complexity index is 568. The zero-order chi connectivity index (χ0) is 15.3. The van der Waals surface area contributed by atoms with Crippen molar-refractivity contribution in [2.45, 2.75) is 38.1 Å². The lowest BCUT2D eigenvalue weighted by molar-refractivity contribution is 0.353. The van der Waals surface area contributed by atoms with Gasteiger partial charge in [0.15, 0.2) is 0 Å². The zero-order valence-electron chi connectivity index (χ0n) is 12.0. The molecule has 1 aromatic heterocycles. The molecule has 1 aliphatic rings. The van der Waals surface area contributed by atoms with E-state index in [4.69, 9.17) is 11.1 Å². The number of rotatable bonds is 7. The third-order valence-electron chi connectivity index (χ3n) is 3.81. The molecule has 0 aromatic carbocycles. The summed E-state index contributed by atoms with van der Waals surface area (Å²) >= 11 is 0. The molecule has 0 saturated heterocycles. The van der Waals surface area contributed by atoms with Crippen LogP contribution in [0.1, 0.15) is 31.2 Å². The van der Waals surface area contributed by atoms with Gasteiger partial charge in [0.2, 0.25) is 10.0 Å². The molecule has 7 heteroatoms. The molecule has 0 atom stereocenters. The van der Waals surface area contributed by atoms with Gasteiger partial charge in [0.05, 0.1) is 12.3 Å². The maximum absolute atomic E-state index is 12.6. The zero-order valence-corrected chi connectivity index (χ0v) is 12.8. The highest BCUT2D eigenvalue weighted by Gasteiger charge is 2.32. The number of sulfonamides is 1. The Hall–Kier alpha value is -1.47. The molecule has 0 radical (unpaired) electrons. The molecule has 0 unspecified atom stereocenters. The first kappa shape index (κ1) is 15.9. The number of hydrogen-bond donors (Lipinski definition) is 2. The number of nitrogens with one attached hydrogen (secondary N) is 1. The van der Waals surface area contributed by atoms with Crippen LogP contribution >= 0.6 is 0 Å². The summed E-state index contributed by atoms with van der Waals surface area (Å²) in [5.74, 6) is -0.0600. The van der Waals surface area contributed by atoms with Gasteiger partial charge in [-0.05, 0) is 37.0 Å². The fourth-order valence-corrected chi connectivity index (χ4v) is 4.46. The summed E-state index contributed by atoms with van der Waals surface area (Å²) < 4.78 is 26.6. The summed E-state index contributed by atoms with van der Waals surface area (Å²) in [6.45, 7) is 0.00332. The molecular formula is C14H22N4O2S. The number of nitrogens with zero attached hydrogens (tertiary/aromatic N) is 2. The predicted octanol–water partition coefficient (Wildman–Crippen LogP) is 1.13. The van der Waals surface area contributed by atoms with Crippen molar-refractivity contribution >= 4 is 15.9 Å². The van der Waals surface area contributed by atoms with Gasteiger partial charge < -0.3 is 5.73 Å². The highest BCUT2D eigenvalue weighted by molar-refractivity contribution is 7.89. The number of pyridine rings is 1. The van der Waals surface area contributed by atoms with Gasteiger partial charge >= 0.3 is 0 Å². The van der Waals surface area contributed by atoms with Crippen molar-refractivity contribution in [2.24, 2.45) is 5.73 Å². The third-order valence-corrected chi connectivity index (χ3v) is 5.68. The van der Waals surface area contributed by atoms with Crippen molar-refractivity contribution in [1.29, 1.82) is 5.41 Å². The minimum atomic E-state index is -3.41. The molecular weight excluding hydrogens is 288 g/mol. The van der Waals surface area contributed by atoms with E-state index in [1.807, 2.05) is 12.1 Å². The van der Waals surface area contributed by atoms with Gasteiger partial charge in [0.1, 0.15) is 5.84 Å². The Morgan fingerprint density at radius 1 is 1.33 bits per heavy atom. The molecule has 116 valence electrons. The highest BCUT2D eigenvalue weighted by atomic mass is 32.2. The molecule has 6 nitrogen and oxygen atoms in total. The van der Waals surface area contributed by atoms with Crippen LogP contribution in [0.4, 0.5) is 0 Å². The predicted molar refractivity (Wildman–Crippen MR) is 82.6 cm³/mol. The van der Waals surface area contributed by atoms with Crippen molar-refractivity contribution in [1.82, 2.24) is 9.29 Å². The molecule has 1 saturated carbocycles. The SMILES string of the molecule is N=C(N)CN(C1CCCC1)S(=O)(=O)CCc1ccncc1. The van der Waals surface area contributed by atoms with Crippen molar-refractivity contribution in [3.63, 3.8) is 0 Å². The minimum absolute atomic E-state index is 0.00332. The maximum Gasteiger partial charge on any atom is 0.215 e. The molecule has 2 rings (SSSR count). The van der Waals surface area contributed by atoms with Crippen molar-refractivity contribution < 1.29 is 8.42 Å². The van der Waals surface area contributed by atoms with E-state index >= 15 is 0 Å². The summed E-state index contributed by atoms with van der Waals surface area (Å²) in [4.78, 5) is 3.92. The van der Waals surface area contributed by atoms with Gasteiger partial charge in [0.25, 0.3) is 0 Å². The van der Waals surface area contributed by atoms with Crippen molar-refractivity contribution in [2.75, 3.05) is 12.3 Å². The summed E-state index contributed by atoms with van der Waals surface area (Å²) in [6, 6.07) is 3.64. The van der Waals surface area contributed by atoms with Gasteiger partial charge in [-0.2, -0.15) is 4.31 Å². The fraction of sp³-hybridized carbons (Fsp3) is 0.571. The first-order valence-electron chi connectivity index (χ1n) is 7.20. The average molecular weight is 310 g/mol. The Kier molecular flexibility index (Phi) is 5.30. The van der Waals surface area contributed by atoms with E-state index in [0.717, 1.165) is 31.2 Å². The first-order valence-corrected chi connectivity index (χ1v) is 8.81. The molecule has 3 N–H and O–H groups in total. The van der Waals surface area contributed by atoms with Crippen LogP contribution in [-0.2, 0) is 16.4 Å². The second-order valence-corrected chi connectivity index (χ2v) is 7.47. The van der Waals surface area contributed by atoms with Crippen LogP contribution in [0, 0.1) is 5.41 Å². The van der Waals surface area contributed by atoms with Crippen LogP contribution in [0.2, 0.25) is 0 Å². The van der Waals surface area contributed by atoms with E-state index in [9.17, 15) is 8.42 Å². The summed E-state index contributed by atoms with van der Waals surface area (Å²) in [6.07, 6.45) is 7.58. The Labute approximate surface area is 125 Å². The third kappa shape index (κ3) is 4.50. The molecule has 0 spiro atoms. The number of hydrogen-bond acceptors (Lipinski definition) is 4. The lowest BCUT2D eigenvalue weighted by Crippen LogP contribution is -2.45. The smallest absolute Gasteiger partial charge is 0.215 e. The highest BCUT2D eigenvalue weighted by Crippen LogP contribution is 2.25. The van der Waals surface area contributed by atoms with Crippen LogP contribution in [0.3, 0.4) is 0 Å². The lowest BCUT2D eigenvalue weighted by Gasteiger charge is -2.27.